The van der Waals surface area contributed by atoms with Gasteiger partial charge in [-0.25, -0.2) is 8.42 Å². The second kappa shape index (κ2) is 14.4. The molecule has 0 bridgehead atoms. The Morgan fingerprint density at radius 3 is 2.14 bits per heavy atom. The number of nitrogens with one attached hydrogen (secondary N) is 1. The molecule has 1 N–H and O–H groups in total. The Balaban J connectivity index is 1.69. The molecule has 0 spiro atoms. The van der Waals surface area contributed by atoms with Crippen molar-refractivity contribution >= 4 is 39.1 Å². The fourth-order valence-corrected chi connectivity index (χ4v) is 6.96. The van der Waals surface area contributed by atoms with Crippen LogP contribution in [0.4, 0.5) is 5.69 Å². The quantitative estimate of drug-likeness (QED) is 0.254. The third-order valence-electron chi connectivity index (χ3n) is 8.15. The van der Waals surface area contributed by atoms with E-state index in [9.17, 15) is 18.0 Å². The highest BCUT2D eigenvalue weighted by atomic mass is 35.5. The van der Waals surface area contributed by atoms with Crippen molar-refractivity contribution < 1.29 is 18.0 Å². The molecule has 3 aromatic carbocycles. The molecular weight excluding hydrogens is 582 g/mol. The van der Waals surface area contributed by atoms with E-state index in [4.69, 9.17) is 11.6 Å². The number of halogens is 1. The van der Waals surface area contributed by atoms with Crippen LogP contribution in [0.15, 0.2) is 77.7 Å². The molecule has 4 rings (SSSR count). The molecule has 0 aromatic heterocycles. The molecule has 3 aromatic rings. The first kappa shape index (κ1) is 32.6. The van der Waals surface area contributed by atoms with Crippen molar-refractivity contribution in [1.82, 2.24) is 10.2 Å². The lowest BCUT2D eigenvalue weighted by Crippen LogP contribution is -2.53. The molecule has 1 aliphatic carbocycles. The number of hydrogen-bond donors (Lipinski definition) is 1. The monoisotopic (exact) mass is 623 g/mol. The first-order valence-corrected chi connectivity index (χ1v) is 16.8. The Bertz CT molecular complexity index is 1500. The molecule has 1 atom stereocenters. The maximum atomic E-state index is 14.2. The summed E-state index contributed by atoms with van der Waals surface area (Å²) in [7, 11) is -4.12. The van der Waals surface area contributed by atoms with Crippen LogP contribution in [-0.2, 0) is 26.2 Å². The van der Waals surface area contributed by atoms with Crippen LogP contribution in [0.5, 0.6) is 0 Å². The average Bonchev–Trinajstić information content (AvgIpc) is 2.99. The van der Waals surface area contributed by atoms with Crippen molar-refractivity contribution in [3.63, 3.8) is 0 Å². The Labute approximate surface area is 261 Å². The van der Waals surface area contributed by atoms with Crippen molar-refractivity contribution in [2.75, 3.05) is 10.8 Å². The first-order valence-electron chi connectivity index (χ1n) is 15.0. The van der Waals surface area contributed by atoms with Gasteiger partial charge in [0.25, 0.3) is 10.0 Å². The van der Waals surface area contributed by atoms with Gasteiger partial charge in [0.15, 0.2) is 0 Å². The summed E-state index contributed by atoms with van der Waals surface area (Å²) in [6, 6.07) is 20.2. The lowest BCUT2D eigenvalue weighted by Gasteiger charge is -2.33. The zero-order chi connectivity index (χ0) is 31.1. The lowest BCUT2D eigenvalue weighted by molar-refractivity contribution is -0.139. The van der Waals surface area contributed by atoms with E-state index in [1.54, 1.807) is 61.5 Å². The predicted molar refractivity (Wildman–Crippen MR) is 173 cm³/mol. The van der Waals surface area contributed by atoms with Crippen molar-refractivity contribution in [3.05, 3.63) is 94.5 Å². The number of hydrogen-bond acceptors (Lipinski definition) is 4. The van der Waals surface area contributed by atoms with Crippen LogP contribution in [-0.4, -0.2) is 43.8 Å². The van der Waals surface area contributed by atoms with Crippen LogP contribution in [0.3, 0.4) is 0 Å². The number of benzene rings is 3. The minimum atomic E-state index is -4.12. The third kappa shape index (κ3) is 8.18. The summed E-state index contributed by atoms with van der Waals surface area (Å²) < 4.78 is 29.2. The minimum absolute atomic E-state index is 0.0580. The summed E-state index contributed by atoms with van der Waals surface area (Å²) in [6.45, 7) is 7.26. The molecule has 0 aliphatic heterocycles. The number of carbonyl (C=O) groups is 2. The maximum absolute atomic E-state index is 14.2. The molecule has 2 amide bonds. The molecule has 0 unspecified atom stereocenters. The van der Waals surface area contributed by atoms with E-state index in [0.29, 0.717) is 16.3 Å². The highest BCUT2D eigenvalue weighted by Crippen LogP contribution is 2.27. The Hall–Kier alpha value is -3.36. The summed E-state index contributed by atoms with van der Waals surface area (Å²) in [5, 5.41) is 3.59. The second-order valence-electron chi connectivity index (χ2n) is 11.7. The molecule has 230 valence electrons. The van der Waals surface area contributed by atoms with Gasteiger partial charge in [-0.1, -0.05) is 92.7 Å². The first-order chi connectivity index (χ1) is 20.5. The lowest BCUT2D eigenvalue weighted by atomic mass is 9.95. The zero-order valence-electron chi connectivity index (χ0n) is 25.4. The van der Waals surface area contributed by atoms with E-state index >= 15 is 0 Å². The van der Waals surface area contributed by atoms with E-state index in [2.05, 4.69) is 19.2 Å². The van der Waals surface area contributed by atoms with Gasteiger partial charge in [0.05, 0.1) is 10.6 Å². The van der Waals surface area contributed by atoms with Gasteiger partial charge >= 0.3 is 0 Å². The molecule has 9 heteroatoms. The van der Waals surface area contributed by atoms with Gasteiger partial charge in [-0.05, 0) is 74.1 Å². The van der Waals surface area contributed by atoms with Gasteiger partial charge in [-0.2, -0.15) is 0 Å². The number of sulfonamides is 1. The summed E-state index contributed by atoms with van der Waals surface area (Å²) in [6.07, 6.45) is 5.09. The molecule has 0 radical (unpaired) electrons. The number of aryl methyl sites for hydroxylation is 1. The van der Waals surface area contributed by atoms with Crippen molar-refractivity contribution in [1.29, 1.82) is 0 Å². The van der Waals surface area contributed by atoms with Crippen LogP contribution < -0.4 is 9.62 Å². The van der Waals surface area contributed by atoms with E-state index in [1.165, 1.54) is 4.90 Å². The van der Waals surface area contributed by atoms with Crippen molar-refractivity contribution in [3.8, 4) is 0 Å². The SMILES string of the molecule is Cc1ccc(S(=O)(=O)N(CC(=O)N(Cc2ccccc2Cl)[C@H](C)C(=O)NC2CCCCC2)c2ccc(C(C)C)cc2)cc1. The minimum Gasteiger partial charge on any atom is -0.352 e. The van der Waals surface area contributed by atoms with Gasteiger partial charge in [0, 0.05) is 17.6 Å². The Morgan fingerprint density at radius 2 is 1.53 bits per heavy atom. The van der Waals surface area contributed by atoms with Crippen molar-refractivity contribution in [2.45, 2.75) is 89.2 Å². The van der Waals surface area contributed by atoms with Gasteiger partial charge in [0.2, 0.25) is 11.8 Å². The molecule has 1 aliphatic rings. The summed E-state index contributed by atoms with van der Waals surface area (Å²) in [5.74, 6) is -0.510. The predicted octanol–water partition coefficient (Wildman–Crippen LogP) is 6.83. The van der Waals surface area contributed by atoms with Gasteiger partial charge in [-0.15, -0.1) is 0 Å². The molecule has 43 heavy (non-hydrogen) atoms. The smallest absolute Gasteiger partial charge is 0.264 e. The normalized spacial score (nSPS) is 14.7. The van der Waals surface area contributed by atoms with Gasteiger partial charge in [0.1, 0.15) is 12.6 Å². The fraction of sp³-hybridized carbons (Fsp3) is 0.412. The van der Waals surface area contributed by atoms with Crippen LogP contribution in [0.1, 0.15) is 75.5 Å². The largest absolute Gasteiger partial charge is 0.352 e. The summed E-state index contributed by atoms with van der Waals surface area (Å²) in [4.78, 5) is 29.2. The van der Waals surface area contributed by atoms with E-state index in [-0.39, 0.29) is 29.3 Å². The van der Waals surface area contributed by atoms with E-state index < -0.39 is 28.5 Å². The van der Waals surface area contributed by atoms with Gasteiger partial charge in [-0.3, -0.25) is 13.9 Å². The third-order valence-corrected chi connectivity index (χ3v) is 10.3. The van der Waals surface area contributed by atoms with E-state index in [1.807, 2.05) is 25.1 Å². The fourth-order valence-electron chi connectivity index (χ4n) is 5.35. The van der Waals surface area contributed by atoms with Crippen LogP contribution in [0.2, 0.25) is 5.02 Å². The number of rotatable bonds is 11. The molecular formula is C34H42ClN3O4S. The van der Waals surface area contributed by atoms with Crippen LogP contribution >= 0.6 is 11.6 Å². The van der Waals surface area contributed by atoms with Crippen LogP contribution in [0, 0.1) is 6.92 Å². The highest BCUT2D eigenvalue weighted by molar-refractivity contribution is 7.92. The number of nitrogens with zero attached hydrogens (tertiary/aromatic N) is 2. The zero-order valence-corrected chi connectivity index (χ0v) is 27.0. The maximum Gasteiger partial charge on any atom is 0.264 e. The molecule has 1 saturated carbocycles. The van der Waals surface area contributed by atoms with Crippen LogP contribution in [0.25, 0.3) is 0 Å². The average molecular weight is 624 g/mol. The topological polar surface area (TPSA) is 86.8 Å². The molecule has 1 fully saturated rings. The Kier molecular flexibility index (Phi) is 10.9. The highest BCUT2D eigenvalue weighted by Gasteiger charge is 2.33. The summed E-state index contributed by atoms with van der Waals surface area (Å²) >= 11 is 6.48. The molecule has 0 heterocycles. The summed E-state index contributed by atoms with van der Waals surface area (Å²) in [5.41, 5.74) is 3.02. The second-order valence-corrected chi connectivity index (χ2v) is 14.0. The Morgan fingerprint density at radius 1 is 0.907 bits per heavy atom. The van der Waals surface area contributed by atoms with Gasteiger partial charge < -0.3 is 10.2 Å². The molecule has 0 saturated heterocycles. The van der Waals surface area contributed by atoms with Crippen molar-refractivity contribution in [2.24, 2.45) is 0 Å². The number of anilines is 1. The molecule has 7 nitrogen and oxygen atoms in total. The van der Waals surface area contributed by atoms with E-state index in [0.717, 1.165) is 47.5 Å². The standard InChI is InChI=1S/C34H42ClN3O4S/c1-24(2)27-16-18-30(19-17-27)38(43(41,42)31-20-14-25(3)15-21-31)23-33(39)37(22-28-10-8-9-13-32(28)35)26(4)34(40)36-29-11-6-5-7-12-29/h8-10,13-21,24,26,29H,5-7,11-12,22-23H2,1-4H3,(H,36,40)/t26-/m1/s1. The number of carbonyl (C=O) groups excluding carboxylic acids is 2. The number of amides is 2.